The van der Waals surface area contributed by atoms with Gasteiger partial charge in [0.05, 0.1) is 6.54 Å². The van der Waals surface area contributed by atoms with Gasteiger partial charge in [0, 0.05) is 18.5 Å². The number of tetrazole rings is 1. The number of aromatic nitrogens is 7. The quantitative estimate of drug-likeness (QED) is 0.344. The molecule has 0 atom stereocenters. The predicted octanol–water partition coefficient (Wildman–Crippen LogP) is 4.47. The Balaban J connectivity index is 1.57. The summed E-state index contributed by atoms with van der Waals surface area (Å²) in [6.07, 6.45) is 6.36. The Bertz CT molecular complexity index is 1210. The molecule has 0 spiro atoms. The van der Waals surface area contributed by atoms with E-state index in [9.17, 15) is 4.79 Å². The molecule has 1 N–H and O–H groups in total. The second kappa shape index (κ2) is 10.8. The van der Waals surface area contributed by atoms with Crippen LogP contribution in [-0.2, 0) is 19.5 Å². The molecule has 0 aliphatic carbocycles. The van der Waals surface area contributed by atoms with E-state index in [1.54, 1.807) is 4.68 Å². The van der Waals surface area contributed by atoms with E-state index in [1.165, 1.54) is 19.3 Å². The number of hydrogen-bond donors (Lipinski definition) is 1. The van der Waals surface area contributed by atoms with Gasteiger partial charge in [0.25, 0.3) is 0 Å². The molecule has 2 aromatic carbocycles. The molecule has 8 nitrogen and oxygen atoms in total. The van der Waals surface area contributed by atoms with Gasteiger partial charge in [-0.15, -0.1) is 10.2 Å². The van der Waals surface area contributed by atoms with Gasteiger partial charge in [0.2, 0.25) is 5.82 Å². The Labute approximate surface area is 193 Å². The smallest absolute Gasteiger partial charge is 0.274 e. The van der Waals surface area contributed by atoms with E-state index in [1.807, 2.05) is 28.8 Å². The summed E-state index contributed by atoms with van der Waals surface area (Å²) in [5.74, 6) is 1.45. The molecule has 0 saturated heterocycles. The van der Waals surface area contributed by atoms with E-state index in [0.29, 0.717) is 18.9 Å². The van der Waals surface area contributed by atoms with Crippen molar-refractivity contribution in [2.45, 2.75) is 65.5 Å². The van der Waals surface area contributed by atoms with Gasteiger partial charge in [-0.3, -0.25) is 4.57 Å². The van der Waals surface area contributed by atoms with E-state index < -0.39 is 0 Å². The average molecular weight is 446 g/mol. The third-order valence-electron chi connectivity index (χ3n) is 5.81. The van der Waals surface area contributed by atoms with Crippen molar-refractivity contribution >= 4 is 0 Å². The van der Waals surface area contributed by atoms with Crippen molar-refractivity contribution < 1.29 is 0 Å². The first-order chi connectivity index (χ1) is 16.2. The average Bonchev–Trinajstić information content (AvgIpc) is 3.48. The fourth-order valence-corrected chi connectivity index (χ4v) is 4.08. The first-order valence-electron chi connectivity index (χ1n) is 11.8. The number of nitrogens with zero attached hydrogens (tertiary/aromatic N) is 6. The van der Waals surface area contributed by atoms with Gasteiger partial charge >= 0.3 is 5.69 Å². The highest BCUT2D eigenvalue weighted by atomic mass is 16.2. The zero-order valence-electron chi connectivity index (χ0n) is 19.4. The molecule has 0 radical (unpaired) electrons. The number of aryl methyl sites for hydroxylation is 2. The van der Waals surface area contributed by atoms with E-state index in [4.69, 9.17) is 0 Å². The molecule has 33 heavy (non-hydrogen) atoms. The molecule has 0 aliphatic heterocycles. The lowest BCUT2D eigenvalue weighted by Gasteiger charge is -2.09. The largest absolute Gasteiger partial charge is 0.346 e. The standard InChI is InChI=1S/C25H31N7O/c1-3-5-6-7-12-23-28-32(17-4-2)25(33)31(23)18-19-13-15-20(16-14-19)21-10-8-9-11-22(21)24-26-29-30-27-24/h8-11,13-16H,3-7,12,17-18H2,1-2H3,(H,26,27,29,30). The Morgan fingerprint density at radius 2 is 1.70 bits per heavy atom. The topological polar surface area (TPSA) is 94.3 Å². The van der Waals surface area contributed by atoms with E-state index in [0.717, 1.165) is 47.3 Å². The van der Waals surface area contributed by atoms with Crippen LogP contribution in [0.4, 0.5) is 0 Å². The van der Waals surface area contributed by atoms with Gasteiger partial charge in [-0.1, -0.05) is 81.6 Å². The number of aromatic amines is 1. The lowest BCUT2D eigenvalue weighted by Crippen LogP contribution is -2.26. The summed E-state index contributed by atoms with van der Waals surface area (Å²) in [6, 6.07) is 16.3. The first-order valence-corrected chi connectivity index (χ1v) is 11.8. The van der Waals surface area contributed by atoms with Crippen LogP contribution in [0.2, 0.25) is 0 Å². The molecule has 8 heteroatoms. The molecule has 0 bridgehead atoms. The van der Waals surface area contributed by atoms with Crippen LogP contribution in [-0.4, -0.2) is 35.0 Å². The van der Waals surface area contributed by atoms with Crippen molar-refractivity contribution in [2.24, 2.45) is 0 Å². The minimum absolute atomic E-state index is 0.0196. The zero-order chi connectivity index (χ0) is 23.0. The summed E-state index contributed by atoms with van der Waals surface area (Å²) in [6.45, 7) is 5.45. The van der Waals surface area contributed by atoms with Crippen molar-refractivity contribution in [1.82, 2.24) is 35.0 Å². The maximum Gasteiger partial charge on any atom is 0.346 e. The van der Waals surface area contributed by atoms with Crippen LogP contribution in [0.25, 0.3) is 22.5 Å². The van der Waals surface area contributed by atoms with E-state index in [-0.39, 0.29) is 5.69 Å². The summed E-state index contributed by atoms with van der Waals surface area (Å²) in [7, 11) is 0. The SMILES string of the molecule is CCCCCCc1nn(CCC)c(=O)n1Cc1ccc(-c2ccccc2-c2nn[nH]n2)cc1. The van der Waals surface area contributed by atoms with Crippen LogP contribution >= 0.6 is 0 Å². The molecule has 2 aromatic heterocycles. The Morgan fingerprint density at radius 1 is 0.909 bits per heavy atom. The Hall–Kier alpha value is -3.55. The van der Waals surface area contributed by atoms with Crippen LogP contribution in [0.1, 0.15) is 57.3 Å². The molecule has 0 amide bonds. The third-order valence-corrected chi connectivity index (χ3v) is 5.81. The van der Waals surface area contributed by atoms with Gasteiger partial charge in [-0.05, 0) is 34.7 Å². The van der Waals surface area contributed by atoms with Gasteiger partial charge < -0.3 is 0 Å². The van der Waals surface area contributed by atoms with Crippen molar-refractivity contribution in [3.8, 4) is 22.5 Å². The summed E-state index contributed by atoms with van der Waals surface area (Å²) in [5.41, 5.74) is 4.08. The molecule has 0 unspecified atom stereocenters. The highest BCUT2D eigenvalue weighted by molar-refractivity contribution is 5.80. The lowest BCUT2D eigenvalue weighted by molar-refractivity contribution is 0.568. The summed E-state index contributed by atoms with van der Waals surface area (Å²) in [4.78, 5) is 13.0. The zero-order valence-corrected chi connectivity index (χ0v) is 19.4. The fourth-order valence-electron chi connectivity index (χ4n) is 4.08. The Morgan fingerprint density at radius 3 is 2.39 bits per heavy atom. The van der Waals surface area contributed by atoms with Crippen molar-refractivity contribution in [1.29, 1.82) is 0 Å². The minimum Gasteiger partial charge on any atom is -0.274 e. The molecule has 2 heterocycles. The van der Waals surface area contributed by atoms with Crippen LogP contribution < -0.4 is 5.69 Å². The first kappa shape index (κ1) is 22.6. The number of hydrogen-bond acceptors (Lipinski definition) is 5. The lowest BCUT2D eigenvalue weighted by atomic mass is 9.98. The number of nitrogens with one attached hydrogen (secondary N) is 1. The normalized spacial score (nSPS) is 11.2. The fraction of sp³-hybridized carbons (Fsp3) is 0.400. The molecule has 4 aromatic rings. The summed E-state index contributed by atoms with van der Waals surface area (Å²) < 4.78 is 3.45. The van der Waals surface area contributed by atoms with Crippen molar-refractivity contribution in [3.05, 3.63) is 70.4 Å². The highest BCUT2D eigenvalue weighted by Crippen LogP contribution is 2.29. The van der Waals surface area contributed by atoms with Crippen LogP contribution in [0.15, 0.2) is 53.3 Å². The molecule has 4 rings (SSSR count). The monoisotopic (exact) mass is 445 g/mol. The predicted molar refractivity (Wildman–Crippen MR) is 129 cm³/mol. The number of H-pyrrole nitrogens is 1. The third kappa shape index (κ3) is 5.27. The Kier molecular flexibility index (Phi) is 7.44. The summed E-state index contributed by atoms with van der Waals surface area (Å²) >= 11 is 0. The molecular weight excluding hydrogens is 414 g/mol. The van der Waals surface area contributed by atoms with Crippen molar-refractivity contribution in [3.63, 3.8) is 0 Å². The molecular formula is C25H31N7O. The van der Waals surface area contributed by atoms with Crippen molar-refractivity contribution in [2.75, 3.05) is 0 Å². The number of rotatable bonds is 11. The second-order valence-corrected chi connectivity index (χ2v) is 8.30. The molecule has 0 saturated carbocycles. The van der Waals surface area contributed by atoms with Crippen LogP contribution in [0.3, 0.4) is 0 Å². The maximum atomic E-state index is 13.0. The van der Waals surface area contributed by atoms with Crippen LogP contribution in [0.5, 0.6) is 0 Å². The maximum absolute atomic E-state index is 13.0. The van der Waals surface area contributed by atoms with E-state index in [2.05, 4.69) is 63.8 Å². The van der Waals surface area contributed by atoms with Gasteiger partial charge in [-0.2, -0.15) is 10.3 Å². The van der Waals surface area contributed by atoms with Gasteiger partial charge in [0.15, 0.2) is 0 Å². The molecule has 0 aliphatic rings. The number of unbranched alkanes of at least 4 members (excludes halogenated alkanes) is 3. The molecule has 172 valence electrons. The summed E-state index contributed by atoms with van der Waals surface area (Å²) in [5, 5.41) is 19.1. The molecule has 0 fully saturated rings. The number of benzene rings is 2. The van der Waals surface area contributed by atoms with Gasteiger partial charge in [-0.25, -0.2) is 9.48 Å². The minimum atomic E-state index is -0.0196. The highest BCUT2D eigenvalue weighted by Gasteiger charge is 2.14. The van der Waals surface area contributed by atoms with Gasteiger partial charge in [0.1, 0.15) is 5.82 Å². The van der Waals surface area contributed by atoms with E-state index >= 15 is 0 Å². The second-order valence-electron chi connectivity index (χ2n) is 8.30. The van der Waals surface area contributed by atoms with Crippen LogP contribution in [0, 0.1) is 0 Å².